The van der Waals surface area contributed by atoms with Gasteiger partial charge in [-0.25, -0.2) is 0 Å². The van der Waals surface area contributed by atoms with Crippen molar-refractivity contribution in [1.82, 2.24) is 4.98 Å². The van der Waals surface area contributed by atoms with Crippen molar-refractivity contribution >= 4 is 0 Å². The van der Waals surface area contributed by atoms with E-state index in [2.05, 4.69) is 11.1 Å². The van der Waals surface area contributed by atoms with Crippen LogP contribution in [0.1, 0.15) is 44.1 Å². The van der Waals surface area contributed by atoms with Gasteiger partial charge >= 0.3 is 0 Å². The minimum Gasteiger partial charge on any atom is -0.393 e. The van der Waals surface area contributed by atoms with Gasteiger partial charge in [0, 0.05) is 12.4 Å². The lowest BCUT2D eigenvalue weighted by molar-refractivity contribution is 0.134. The van der Waals surface area contributed by atoms with E-state index in [1.165, 1.54) is 31.2 Å². The minimum absolute atomic E-state index is 0.122. The van der Waals surface area contributed by atoms with Crippen LogP contribution in [0.2, 0.25) is 0 Å². The van der Waals surface area contributed by atoms with E-state index in [1.54, 1.807) is 6.20 Å². The van der Waals surface area contributed by atoms with E-state index < -0.39 is 0 Å². The van der Waals surface area contributed by atoms with Gasteiger partial charge in [-0.15, -0.1) is 0 Å². The Morgan fingerprint density at radius 2 is 2.19 bits per heavy atom. The standard InChI is InChI=1S/C14H21NO/c16-14(10-12-4-1-2-5-12)8-7-13-6-3-9-15-11-13/h3,6,9,11-12,14,16H,1-2,4-5,7-8,10H2. The average Bonchev–Trinajstić information content (AvgIpc) is 2.81. The van der Waals surface area contributed by atoms with Crippen LogP contribution < -0.4 is 0 Å². The molecule has 1 aromatic rings. The van der Waals surface area contributed by atoms with Crippen LogP contribution in [0, 0.1) is 5.92 Å². The van der Waals surface area contributed by atoms with Crippen molar-refractivity contribution in [3.05, 3.63) is 30.1 Å². The number of aliphatic hydroxyl groups is 1. The van der Waals surface area contributed by atoms with E-state index in [9.17, 15) is 5.11 Å². The van der Waals surface area contributed by atoms with Crippen LogP contribution in [-0.4, -0.2) is 16.2 Å². The highest BCUT2D eigenvalue weighted by molar-refractivity contribution is 5.08. The third-order valence-corrected chi connectivity index (χ3v) is 3.57. The summed E-state index contributed by atoms with van der Waals surface area (Å²) in [6, 6.07) is 4.04. The zero-order valence-electron chi connectivity index (χ0n) is 9.81. The molecule has 2 heteroatoms. The number of hydrogen-bond acceptors (Lipinski definition) is 2. The van der Waals surface area contributed by atoms with Crippen LogP contribution in [0.5, 0.6) is 0 Å². The first-order valence-electron chi connectivity index (χ1n) is 6.41. The third-order valence-electron chi connectivity index (χ3n) is 3.57. The molecule has 1 fully saturated rings. The van der Waals surface area contributed by atoms with Crippen molar-refractivity contribution in [2.24, 2.45) is 5.92 Å². The Kier molecular flexibility index (Phi) is 4.34. The van der Waals surface area contributed by atoms with Crippen LogP contribution in [-0.2, 0) is 6.42 Å². The number of hydrogen-bond donors (Lipinski definition) is 1. The lowest BCUT2D eigenvalue weighted by Gasteiger charge is -2.14. The second-order valence-corrected chi connectivity index (χ2v) is 4.94. The number of aliphatic hydroxyl groups excluding tert-OH is 1. The van der Waals surface area contributed by atoms with Gasteiger partial charge in [-0.05, 0) is 36.8 Å². The fourth-order valence-corrected chi connectivity index (χ4v) is 2.63. The van der Waals surface area contributed by atoms with Gasteiger partial charge in [0.15, 0.2) is 0 Å². The summed E-state index contributed by atoms with van der Waals surface area (Å²) in [7, 11) is 0. The van der Waals surface area contributed by atoms with E-state index in [1.807, 2.05) is 12.3 Å². The molecule has 2 nitrogen and oxygen atoms in total. The summed E-state index contributed by atoms with van der Waals surface area (Å²) < 4.78 is 0. The molecule has 88 valence electrons. The van der Waals surface area contributed by atoms with Crippen LogP contribution in [0.25, 0.3) is 0 Å². The molecule has 2 rings (SSSR count). The smallest absolute Gasteiger partial charge is 0.0546 e. The van der Waals surface area contributed by atoms with Crippen LogP contribution in [0.4, 0.5) is 0 Å². The summed E-state index contributed by atoms with van der Waals surface area (Å²) in [5.74, 6) is 0.781. The molecule has 1 heterocycles. The van der Waals surface area contributed by atoms with Crippen molar-refractivity contribution in [3.63, 3.8) is 0 Å². The van der Waals surface area contributed by atoms with Gasteiger partial charge in [0.05, 0.1) is 6.10 Å². The molecule has 1 unspecified atom stereocenters. The molecule has 0 radical (unpaired) electrons. The largest absolute Gasteiger partial charge is 0.393 e. The summed E-state index contributed by atoms with van der Waals surface area (Å²) in [5.41, 5.74) is 1.23. The Bertz CT molecular complexity index is 293. The fraction of sp³-hybridized carbons (Fsp3) is 0.643. The van der Waals surface area contributed by atoms with Crippen molar-refractivity contribution in [2.75, 3.05) is 0 Å². The van der Waals surface area contributed by atoms with E-state index in [0.717, 1.165) is 25.2 Å². The Morgan fingerprint density at radius 1 is 1.38 bits per heavy atom. The molecule has 0 aromatic carbocycles. The molecule has 16 heavy (non-hydrogen) atoms. The Morgan fingerprint density at radius 3 is 2.88 bits per heavy atom. The van der Waals surface area contributed by atoms with Crippen LogP contribution in [0.15, 0.2) is 24.5 Å². The molecule has 1 aliphatic carbocycles. The maximum Gasteiger partial charge on any atom is 0.0546 e. The van der Waals surface area contributed by atoms with Crippen molar-refractivity contribution < 1.29 is 5.11 Å². The van der Waals surface area contributed by atoms with Gasteiger partial charge in [-0.3, -0.25) is 4.98 Å². The molecule has 0 amide bonds. The zero-order valence-corrected chi connectivity index (χ0v) is 9.81. The second-order valence-electron chi connectivity index (χ2n) is 4.94. The normalized spacial score (nSPS) is 18.8. The van der Waals surface area contributed by atoms with Gasteiger partial charge < -0.3 is 5.11 Å². The summed E-state index contributed by atoms with van der Waals surface area (Å²) in [5, 5.41) is 9.95. The second kappa shape index (κ2) is 6.00. The first kappa shape index (κ1) is 11.6. The molecule has 1 N–H and O–H groups in total. The van der Waals surface area contributed by atoms with Crippen molar-refractivity contribution in [1.29, 1.82) is 0 Å². The number of aryl methyl sites for hydroxylation is 1. The molecular weight excluding hydrogens is 198 g/mol. The highest BCUT2D eigenvalue weighted by Crippen LogP contribution is 2.29. The lowest BCUT2D eigenvalue weighted by atomic mass is 9.96. The number of aromatic nitrogens is 1. The SMILES string of the molecule is OC(CCc1cccnc1)CC1CCCC1. The fourth-order valence-electron chi connectivity index (χ4n) is 2.63. The molecule has 0 saturated heterocycles. The van der Waals surface area contributed by atoms with Gasteiger partial charge in [0.1, 0.15) is 0 Å². The van der Waals surface area contributed by atoms with Crippen molar-refractivity contribution in [2.45, 2.75) is 51.0 Å². The molecule has 0 spiro atoms. The van der Waals surface area contributed by atoms with Gasteiger partial charge in [0.25, 0.3) is 0 Å². The Hall–Kier alpha value is -0.890. The maximum atomic E-state index is 9.95. The van der Waals surface area contributed by atoms with Gasteiger partial charge in [-0.1, -0.05) is 31.7 Å². The monoisotopic (exact) mass is 219 g/mol. The molecule has 1 aliphatic rings. The third kappa shape index (κ3) is 3.60. The highest BCUT2D eigenvalue weighted by Gasteiger charge is 2.18. The molecule has 0 aliphatic heterocycles. The van der Waals surface area contributed by atoms with E-state index >= 15 is 0 Å². The quantitative estimate of drug-likeness (QED) is 0.826. The minimum atomic E-state index is -0.122. The molecule has 1 saturated carbocycles. The summed E-state index contributed by atoms with van der Waals surface area (Å²) in [4.78, 5) is 4.08. The average molecular weight is 219 g/mol. The summed E-state index contributed by atoms with van der Waals surface area (Å²) in [6.45, 7) is 0. The van der Waals surface area contributed by atoms with E-state index in [-0.39, 0.29) is 6.10 Å². The number of rotatable bonds is 5. The predicted octanol–water partition coefficient (Wildman–Crippen LogP) is 2.96. The Balaban J connectivity index is 1.69. The van der Waals surface area contributed by atoms with E-state index in [4.69, 9.17) is 0 Å². The first-order chi connectivity index (χ1) is 7.84. The number of pyridine rings is 1. The Labute approximate surface area is 97.7 Å². The van der Waals surface area contributed by atoms with Crippen LogP contribution >= 0.6 is 0 Å². The predicted molar refractivity (Wildman–Crippen MR) is 65.1 cm³/mol. The van der Waals surface area contributed by atoms with Gasteiger partial charge in [-0.2, -0.15) is 0 Å². The molecule has 0 bridgehead atoms. The lowest BCUT2D eigenvalue weighted by Crippen LogP contribution is -2.12. The number of nitrogens with zero attached hydrogens (tertiary/aromatic N) is 1. The topological polar surface area (TPSA) is 33.1 Å². The summed E-state index contributed by atoms with van der Waals surface area (Å²) in [6.07, 6.45) is 11.8. The maximum absolute atomic E-state index is 9.95. The van der Waals surface area contributed by atoms with Gasteiger partial charge in [0.2, 0.25) is 0 Å². The zero-order chi connectivity index (χ0) is 11.2. The van der Waals surface area contributed by atoms with E-state index in [0.29, 0.717) is 0 Å². The van der Waals surface area contributed by atoms with Crippen molar-refractivity contribution in [3.8, 4) is 0 Å². The summed E-state index contributed by atoms with van der Waals surface area (Å²) >= 11 is 0. The highest BCUT2D eigenvalue weighted by atomic mass is 16.3. The first-order valence-corrected chi connectivity index (χ1v) is 6.41. The molecule has 1 aromatic heterocycles. The molecular formula is C14H21NO. The molecule has 1 atom stereocenters. The van der Waals surface area contributed by atoms with Crippen LogP contribution in [0.3, 0.4) is 0 Å².